The van der Waals surface area contributed by atoms with E-state index in [0.29, 0.717) is 0 Å². The molecule has 0 saturated carbocycles. The average molecular weight is 748 g/mol. The summed E-state index contributed by atoms with van der Waals surface area (Å²) in [5, 5.41) is 3.84. The number of allylic oxidation sites excluding steroid dienone is 3. The van der Waals surface area contributed by atoms with Gasteiger partial charge in [0.2, 0.25) is 0 Å². The number of fused-ring (bicyclic) bond motifs is 3. The van der Waals surface area contributed by atoms with Gasteiger partial charge in [0, 0.05) is 16.4 Å². The molecule has 0 fully saturated rings. The molecule has 3 aliphatic rings. The maximum Gasteiger partial charge on any atom is 0.159 e. The van der Waals surface area contributed by atoms with Crippen molar-refractivity contribution in [1.29, 1.82) is 0 Å². The molecule has 0 aromatic heterocycles. The van der Waals surface area contributed by atoms with E-state index in [9.17, 15) is 0 Å². The average Bonchev–Trinajstić information content (AvgIpc) is 3.53. The molecule has 58 heavy (non-hydrogen) atoms. The minimum absolute atomic E-state index is 0.0482. The van der Waals surface area contributed by atoms with Crippen molar-refractivity contribution in [1.82, 2.24) is 5.32 Å². The number of benzene rings is 7. The Morgan fingerprint density at radius 3 is 1.83 bits per heavy atom. The maximum atomic E-state index is 5.44. The molecule has 0 saturated heterocycles. The number of rotatable bonds is 7. The molecule has 3 nitrogen and oxygen atoms in total. The quantitative estimate of drug-likeness (QED) is 0.173. The summed E-state index contributed by atoms with van der Waals surface area (Å²) in [6, 6.07) is 63.2. The number of hydrogen-bond donors (Lipinski definition) is 1. The van der Waals surface area contributed by atoms with Crippen LogP contribution in [-0.4, -0.2) is 11.7 Å². The SMILES string of the molecule is CC1(C2=NC(c3ccc(-c4ccccc4)cc3-c3ccccc3)=NC(c3ccc(-c4cccc5c4-c4ccccc4C5(C)C)cc3)N2)C=CC(c2ccccc2)=CC1. The highest BCUT2D eigenvalue weighted by Gasteiger charge is 2.37. The smallest absolute Gasteiger partial charge is 0.159 e. The first-order chi connectivity index (χ1) is 28.4. The minimum atomic E-state index is -0.362. The maximum absolute atomic E-state index is 5.44. The third-order valence-corrected chi connectivity index (χ3v) is 12.4. The molecule has 2 unspecified atom stereocenters. The first-order valence-electron chi connectivity index (χ1n) is 20.3. The molecule has 7 aromatic rings. The monoisotopic (exact) mass is 747 g/mol. The van der Waals surface area contributed by atoms with Crippen LogP contribution in [0.2, 0.25) is 0 Å². The standard InChI is InChI=1S/C55H45N3/c1-54(2)48-24-14-13-22-46(48)50-44(23-15-25-49(50)54)41-26-28-42(29-27-41)51-56-52(58-53(57-51)55(3)34-32-39(33-35-55)37-16-7-4-8-17-37)45-31-30-43(38-18-9-5-10-19-38)36-47(45)40-20-11-6-12-21-40/h4-34,36,51H,35H2,1-3H3,(H,56,57,58). The predicted octanol–water partition coefficient (Wildman–Crippen LogP) is 13.5. The van der Waals surface area contributed by atoms with Crippen molar-refractivity contribution in [2.45, 2.75) is 38.8 Å². The zero-order valence-electron chi connectivity index (χ0n) is 33.2. The van der Waals surface area contributed by atoms with E-state index in [1.165, 1.54) is 50.1 Å². The fourth-order valence-corrected chi connectivity index (χ4v) is 9.03. The zero-order chi connectivity index (χ0) is 39.3. The zero-order valence-corrected chi connectivity index (χ0v) is 33.2. The van der Waals surface area contributed by atoms with E-state index >= 15 is 0 Å². The Morgan fingerprint density at radius 2 is 1.12 bits per heavy atom. The summed E-state index contributed by atoms with van der Waals surface area (Å²) in [6.07, 6.45) is 7.39. The molecule has 2 aliphatic carbocycles. The number of nitrogens with zero attached hydrogens (tertiary/aromatic N) is 2. The molecular weight excluding hydrogens is 703 g/mol. The van der Waals surface area contributed by atoms with Gasteiger partial charge in [-0.05, 0) is 97.8 Å². The summed E-state index contributed by atoms with van der Waals surface area (Å²) >= 11 is 0. The van der Waals surface area contributed by atoms with Gasteiger partial charge >= 0.3 is 0 Å². The third-order valence-electron chi connectivity index (χ3n) is 12.4. The molecule has 1 aliphatic heterocycles. The van der Waals surface area contributed by atoms with Gasteiger partial charge in [0.1, 0.15) is 12.0 Å². The number of amidine groups is 2. The number of nitrogens with one attached hydrogen (secondary N) is 1. The molecule has 0 spiro atoms. The van der Waals surface area contributed by atoms with Gasteiger partial charge in [0.25, 0.3) is 0 Å². The van der Waals surface area contributed by atoms with Gasteiger partial charge in [-0.1, -0.05) is 196 Å². The summed E-state index contributed by atoms with van der Waals surface area (Å²) in [7, 11) is 0. The van der Waals surface area contributed by atoms with Crippen molar-refractivity contribution >= 4 is 17.2 Å². The normalized spacial score (nSPS) is 18.9. The van der Waals surface area contributed by atoms with Crippen LogP contribution < -0.4 is 5.32 Å². The van der Waals surface area contributed by atoms with Gasteiger partial charge in [-0.2, -0.15) is 0 Å². The first kappa shape index (κ1) is 35.6. The fraction of sp³-hybridized carbons (Fsp3) is 0.127. The molecule has 0 bridgehead atoms. The van der Waals surface area contributed by atoms with Crippen LogP contribution in [-0.2, 0) is 5.41 Å². The summed E-state index contributed by atoms with van der Waals surface area (Å²) in [4.78, 5) is 10.9. The van der Waals surface area contributed by atoms with Gasteiger partial charge in [-0.15, -0.1) is 0 Å². The van der Waals surface area contributed by atoms with Crippen LogP contribution >= 0.6 is 0 Å². The predicted molar refractivity (Wildman–Crippen MR) is 243 cm³/mol. The molecule has 1 N–H and O–H groups in total. The molecule has 10 rings (SSSR count). The van der Waals surface area contributed by atoms with Crippen LogP contribution in [0.1, 0.15) is 61.2 Å². The lowest BCUT2D eigenvalue weighted by atomic mass is 9.79. The second-order valence-corrected chi connectivity index (χ2v) is 16.5. The highest BCUT2D eigenvalue weighted by Crippen LogP contribution is 2.52. The summed E-state index contributed by atoms with van der Waals surface area (Å²) < 4.78 is 0. The van der Waals surface area contributed by atoms with E-state index in [2.05, 4.69) is 220 Å². The molecule has 2 atom stereocenters. The van der Waals surface area contributed by atoms with Crippen molar-refractivity contribution in [3.05, 3.63) is 222 Å². The summed E-state index contributed by atoms with van der Waals surface area (Å²) in [5.74, 6) is 1.64. The van der Waals surface area contributed by atoms with Gasteiger partial charge in [-0.25, -0.2) is 9.98 Å². The lowest BCUT2D eigenvalue weighted by Gasteiger charge is -2.35. The largest absolute Gasteiger partial charge is 0.347 e. The third kappa shape index (κ3) is 6.24. The number of aliphatic imine (C=N–C) groups is 2. The lowest BCUT2D eigenvalue weighted by molar-refractivity contribution is 0.543. The fourth-order valence-electron chi connectivity index (χ4n) is 9.03. The Hall–Kier alpha value is -6.84. The Labute approximate surface area is 341 Å². The van der Waals surface area contributed by atoms with E-state index in [0.717, 1.165) is 45.9 Å². The molecule has 0 amide bonds. The van der Waals surface area contributed by atoms with Crippen LogP contribution in [0.25, 0.3) is 50.1 Å². The molecule has 7 aromatic carbocycles. The van der Waals surface area contributed by atoms with Crippen molar-refractivity contribution in [3.63, 3.8) is 0 Å². The minimum Gasteiger partial charge on any atom is -0.347 e. The van der Waals surface area contributed by atoms with E-state index in [1.807, 2.05) is 0 Å². The van der Waals surface area contributed by atoms with Crippen LogP contribution in [0.5, 0.6) is 0 Å². The van der Waals surface area contributed by atoms with Crippen LogP contribution in [0.3, 0.4) is 0 Å². The molecule has 1 heterocycles. The molecule has 3 heteroatoms. The highest BCUT2D eigenvalue weighted by atomic mass is 15.2. The van der Waals surface area contributed by atoms with Crippen LogP contribution in [0, 0.1) is 5.41 Å². The molecular formula is C55H45N3. The Morgan fingerprint density at radius 1 is 0.517 bits per heavy atom. The van der Waals surface area contributed by atoms with Crippen molar-refractivity contribution in [2.75, 3.05) is 0 Å². The van der Waals surface area contributed by atoms with Crippen molar-refractivity contribution in [2.24, 2.45) is 15.4 Å². The lowest BCUT2D eigenvalue weighted by Crippen LogP contribution is -2.43. The Balaban J connectivity index is 1.07. The van der Waals surface area contributed by atoms with Gasteiger partial charge in [0.05, 0.1) is 0 Å². The summed E-state index contributed by atoms with van der Waals surface area (Å²) in [6.45, 7) is 6.96. The van der Waals surface area contributed by atoms with Crippen LogP contribution in [0.15, 0.2) is 204 Å². The Bertz CT molecular complexity index is 2790. The summed E-state index contributed by atoms with van der Waals surface area (Å²) in [5.41, 5.74) is 16.6. The number of hydrogen-bond acceptors (Lipinski definition) is 3. The second kappa shape index (κ2) is 14.3. The van der Waals surface area contributed by atoms with Crippen molar-refractivity contribution < 1.29 is 0 Å². The van der Waals surface area contributed by atoms with E-state index < -0.39 is 0 Å². The van der Waals surface area contributed by atoms with E-state index in [4.69, 9.17) is 9.98 Å². The van der Waals surface area contributed by atoms with E-state index in [-0.39, 0.29) is 17.0 Å². The first-order valence-corrected chi connectivity index (χ1v) is 20.3. The van der Waals surface area contributed by atoms with Gasteiger partial charge in [0.15, 0.2) is 5.84 Å². The Kier molecular flexibility index (Phi) is 8.75. The van der Waals surface area contributed by atoms with Crippen LogP contribution in [0.4, 0.5) is 0 Å². The highest BCUT2D eigenvalue weighted by molar-refractivity contribution is 6.13. The topological polar surface area (TPSA) is 36.8 Å². The van der Waals surface area contributed by atoms with Gasteiger partial charge < -0.3 is 5.32 Å². The second-order valence-electron chi connectivity index (χ2n) is 16.5. The molecule has 280 valence electrons. The van der Waals surface area contributed by atoms with Gasteiger partial charge in [-0.3, -0.25) is 0 Å². The van der Waals surface area contributed by atoms with Crippen molar-refractivity contribution in [3.8, 4) is 44.5 Å². The molecule has 0 radical (unpaired) electrons. The van der Waals surface area contributed by atoms with E-state index in [1.54, 1.807) is 0 Å².